The van der Waals surface area contributed by atoms with Crippen LogP contribution in [-0.2, 0) is 6.42 Å². The fourth-order valence-electron chi connectivity index (χ4n) is 3.83. The van der Waals surface area contributed by atoms with Crippen LogP contribution in [0.4, 0.5) is 0 Å². The fraction of sp³-hybridized carbons (Fsp3) is 0.261. The Kier molecular flexibility index (Phi) is 3.53. The van der Waals surface area contributed by atoms with Gasteiger partial charge in [0.2, 0.25) is 0 Å². The second kappa shape index (κ2) is 5.59. The third-order valence-corrected chi connectivity index (χ3v) is 5.24. The highest BCUT2D eigenvalue weighted by Crippen LogP contribution is 2.39. The molecule has 24 heavy (non-hydrogen) atoms. The third-order valence-electron chi connectivity index (χ3n) is 5.24. The highest BCUT2D eigenvalue weighted by Gasteiger charge is 2.30. The van der Waals surface area contributed by atoms with Gasteiger partial charge in [-0.25, -0.2) is 0 Å². The summed E-state index contributed by atoms with van der Waals surface area (Å²) < 4.78 is 0. The molecule has 0 saturated heterocycles. The number of hydrogen-bond acceptors (Lipinski definition) is 1. The van der Waals surface area contributed by atoms with Crippen molar-refractivity contribution in [3.05, 3.63) is 71.3 Å². The average Bonchev–Trinajstić information content (AvgIpc) is 2.88. The Bertz CT molecular complexity index is 944. The van der Waals surface area contributed by atoms with Crippen molar-refractivity contribution < 1.29 is 4.79 Å². The molecule has 0 saturated carbocycles. The van der Waals surface area contributed by atoms with Crippen LogP contribution >= 0.6 is 0 Å². The first-order valence-corrected chi connectivity index (χ1v) is 8.75. The molecule has 1 atom stereocenters. The standard InChI is InChI=1S/C23H22O/c1-14(2)17-12-21(20-11-15(3)23(24)22(20)13-17)19-10-6-8-16-7-4-5-9-18(16)19/h4-10,12-15H,11H2,1-3H3. The summed E-state index contributed by atoms with van der Waals surface area (Å²) in [5.74, 6) is 0.804. The van der Waals surface area contributed by atoms with Crippen LogP contribution in [0, 0.1) is 5.92 Å². The Morgan fingerprint density at radius 3 is 2.42 bits per heavy atom. The van der Waals surface area contributed by atoms with E-state index in [1.54, 1.807) is 0 Å². The minimum Gasteiger partial charge on any atom is -0.294 e. The Labute approximate surface area is 143 Å². The summed E-state index contributed by atoms with van der Waals surface area (Å²) in [6, 6.07) is 19.4. The second-order valence-electron chi connectivity index (χ2n) is 7.25. The van der Waals surface area contributed by atoms with Gasteiger partial charge in [0.15, 0.2) is 5.78 Å². The summed E-state index contributed by atoms with van der Waals surface area (Å²) in [6.45, 7) is 6.43. The maximum absolute atomic E-state index is 12.6. The van der Waals surface area contributed by atoms with Gasteiger partial charge in [0.1, 0.15) is 0 Å². The number of carbonyl (C=O) groups excluding carboxylic acids is 1. The molecule has 120 valence electrons. The zero-order valence-corrected chi connectivity index (χ0v) is 14.5. The molecule has 0 radical (unpaired) electrons. The van der Waals surface area contributed by atoms with Gasteiger partial charge in [-0.05, 0) is 51.4 Å². The number of fused-ring (bicyclic) bond motifs is 2. The first-order chi connectivity index (χ1) is 11.6. The van der Waals surface area contributed by atoms with Gasteiger partial charge in [0.25, 0.3) is 0 Å². The molecule has 0 heterocycles. The Morgan fingerprint density at radius 1 is 0.917 bits per heavy atom. The van der Waals surface area contributed by atoms with Crippen LogP contribution in [0.5, 0.6) is 0 Å². The van der Waals surface area contributed by atoms with Crippen LogP contribution in [0.15, 0.2) is 54.6 Å². The summed E-state index contributed by atoms with van der Waals surface area (Å²) in [7, 11) is 0. The van der Waals surface area contributed by atoms with Gasteiger partial charge in [0.05, 0.1) is 0 Å². The molecule has 0 aliphatic heterocycles. The largest absolute Gasteiger partial charge is 0.294 e. The van der Waals surface area contributed by atoms with E-state index in [0.29, 0.717) is 11.7 Å². The van der Waals surface area contributed by atoms with Crippen LogP contribution in [0.3, 0.4) is 0 Å². The normalized spacial score (nSPS) is 16.8. The van der Waals surface area contributed by atoms with E-state index in [1.807, 2.05) is 6.92 Å². The van der Waals surface area contributed by atoms with E-state index in [1.165, 1.54) is 33.0 Å². The van der Waals surface area contributed by atoms with Gasteiger partial charge < -0.3 is 0 Å². The summed E-state index contributed by atoms with van der Waals surface area (Å²) in [6.07, 6.45) is 0.852. The summed E-state index contributed by atoms with van der Waals surface area (Å²) in [5.41, 5.74) is 5.91. The van der Waals surface area contributed by atoms with E-state index >= 15 is 0 Å². The maximum Gasteiger partial charge on any atom is 0.166 e. The van der Waals surface area contributed by atoms with E-state index in [4.69, 9.17) is 0 Å². The fourth-order valence-corrected chi connectivity index (χ4v) is 3.83. The highest BCUT2D eigenvalue weighted by molar-refractivity contribution is 6.06. The smallest absolute Gasteiger partial charge is 0.166 e. The van der Waals surface area contributed by atoms with E-state index in [0.717, 1.165) is 12.0 Å². The molecular weight excluding hydrogens is 292 g/mol. The monoisotopic (exact) mass is 314 g/mol. The van der Waals surface area contributed by atoms with E-state index < -0.39 is 0 Å². The van der Waals surface area contributed by atoms with E-state index in [9.17, 15) is 4.79 Å². The molecule has 0 fully saturated rings. The van der Waals surface area contributed by atoms with Crippen LogP contribution in [-0.4, -0.2) is 5.78 Å². The average molecular weight is 314 g/mol. The predicted octanol–water partition coefficient (Wildman–Crippen LogP) is 6.01. The summed E-state index contributed by atoms with van der Waals surface area (Å²) in [5, 5.41) is 2.51. The van der Waals surface area contributed by atoms with Crippen molar-refractivity contribution >= 4 is 16.6 Å². The zero-order chi connectivity index (χ0) is 16.8. The molecule has 4 rings (SSSR count). The molecule has 1 heteroatoms. The lowest BCUT2D eigenvalue weighted by Crippen LogP contribution is -2.03. The molecule has 0 aromatic heterocycles. The molecule has 0 spiro atoms. The van der Waals surface area contributed by atoms with Gasteiger partial charge in [-0.15, -0.1) is 0 Å². The number of ketones is 1. The summed E-state index contributed by atoms with van der Waals surface area (Å²) >= 11 is 0. The molecule has 3 aromatic carbocycles. The maximum atomic E-state index is 12.6. The molecule has 1 unspecified atom stereocenters. The van der Waals surface area contributed by atoms with Crippen molar-refractivity contribution in [2.24, 2.45) is 5.92 Å². The lowest BCUT2D eigenvalue weighted by atomic mass is 9.88. The minimum atomic E-state index is 0.0936. The quantitative estimate of drug-likeness (QED) is 0.566. The second-order valence-corrected chi connectivity index (χ2v) is 7.25. The van der Waals surface area contributed by atoms with Crippen LogP contribution in [0.2, 0.25) is 0 Å². The number of Topliss-reactive ketones (excluding diaryl/α,β-unsaturated/α-hetero) is 1. The number of hydrogen-bond donors (Lipinski definition) is 0. The highest BCUT2D eigenvalue weighted by atomic mass is 16.1. The Balaban J connectivity index is 2.05. The van der Waals surface area contributed by atoms with Gasteiger partial charge in [-0.2, -0.15) is 0 Å². The molecule has 0 bridgehead atoms. The zero-order valence-electron chi connectivity index (χ0n) is 14.5. The molecule has 1 aliphatic carbocycles. The van der Waals surface area contributed by atoms with Crippen LogP contribution < -0.4 is 0 Å². The van der Waals surface area contributed by atoms with Gasteiger partial charge in [-0.1, -0.05) is 69.3 Å². The molecule has 1 nitrogen and oxygen atoms in total. The van der Waals surface area contributed by atoms with Crippen molar-refractivity contribution in [3.63, 3.8) is 0 Å². The van der Waals surface area contributed by atoms with Crippen molar-refractivity contribution in [1.82, 2.24) is 0 Å². The number of carbonyl (C=O) groups is 1. The van der Waals surface area contributed by atoms with E-state index in [-0.39, 0.29) is 5.92 Å². The molecule has 0 amide bonds. The number of rotatable bonds is 2. The van der Waals surface area contributed by atoms with E-state index in [2.05, 4.69) is 68.4 Å². The van der Waals surface area contributed by atoms with Crippen LogP contribution in [0.1, 0.15) is 48.2 Å². The molecule has 1 aliphatic rings. The van der Waals surface area contributed by atoms with Crippen molar-refractivity contribution in [3.8, 4) is 11.1 Å². The van der Waals surface area contributed by atoms with Gasteiger partial charge in [-0.3, -0.25) is 4.79 Å². The minimum absolute atomic E-state index is 0.0936. The SMILES string of the molecule is CC1Cc2c(cc(C(C)C)cc2-c2cccc3ccccc23)C1=O. The summed E-state index contributed by atoms with van der Waals surface area (Å²) in [4.78, 5) is 12.6. The first-order valence-electron chi connectivity index (χ1n) is 8.75. The molecule has 0 N–H and O–H groups in total. The topological polar surface area (TPSA) is 17.1 Å². The molecule has 3 aromatic rings. The predicted molar refractivity (Wildman–Crippen MR) is 101 cm³/mol. The van der Waals surface area contributed by atoms with Crippen molar-refractivity contribution in [1.29, 1.82) is 0 Å². The Hall–Kier alpha value is -2.41. The van der Waals surface area contributed by atoms with Gasteiger partial charge >= 0.3 is 0 Å². The van der Waals surface area contributed by atoms with Gasteiger partial charge in [0, 0.05) is 11.5 Å². The lowest BCUT2D eigenvalue weighted by molar-refractivity contribution is 0.0946. The lowest BCUT2D eigenvalue weighted by Gasteiger charge is -2.15. The van der Waals surface area contributed by atoms with Crippen molar-refractivity contribution in [2.75, 3.05) is 0 Å². The molecular formula is C23H22O. The third kappa shape index (κ3) is 2.27. The first kappa shape index (κ1) is 15.1. The van der Waals surface area contributed by atoms with Crippen LogP contribution in [0.25, 0.3) is 21.9 Å². The van der Waals surface area contributed by atoms with Crippen molar-refractivity contribution in [2.45, 2.75) is 33.1 Å². The number of benzene rings is 3. The Morgan fingerprint density at radius 2 is 1.62 bits per heavy atom.